The van der Waals surface area contributed by atoms with Crippen molar-refractivity contribution in [2.45, 2.75) is 45.6 Å². The van der Waals surface area contributed by atoms with Crippen LogP contribution in [0.25, 0.3) is 10.9 Å². The second-order valence-corrected chi connectivity index (χ2v) is 7.08. The minimum absolute atomic E-state index is 0.0490. The van der Waals surface area contributed by atoms with Gasteiger partial charge in [-0.05, 0) is 43.2 Å². The van der Waals surface area contributed by atoms with Crippen LogP contribution in [-0.2, 0) is 0 Å². The number of carbonyl (C=O) groups excluding carboxylic acids is 1. The second kappa shape index (κ2) is 5.34. The third-order valence-corrected chi connectivity index (χ3v) is 4.60. The lowest BCUT2D eigenvalue weighted by atomic mass is 9.75. The van der Waals surface area contributed by atoms with Crippen LogP contribution in [-0.4, -0.2) is 21.9 Å². The Balaban J connectivity index is 1.69. The molecule has 1 aliphatic rings. The number of H-pyrrole nitrogens is 1. The van der Waals surface area contributed by atoms with E-state index in [1.54, 1.807) is 12.3 Å². The van der Waals surface area contributed by atoms with Gasteiger partial charge in [0, 0.05) is 11.4 Å². The number of halogens is 1. The highest BCUT2D eigenvalue weighted by molar-refractivity contribution is 6.30. The summed E-state index contributed by atoms with van der Waals surface area (Å²) in [7, 11) is 0. The molecule has 112 valence electrons. The molecule has 1 saturated carbocycles. The van der Waals surface area contributed by atoms with Crippen molar-refractivity contribution in [1.82, 2.24) is 15.3 Å². The molecule has 0 spiro atoms. The van der Waals surface area contributed by atoms with Gasteiger partial charge >= 0.3 is 0 Å². The molecule has 1 aliphatic carbocycles. The van der Waals surface area contributed by atoms with E-state index in [1.807, 2.05) is 6.07 Å². The summed E-state index contributed by atoms with van der Waals surface area (Å²) >= 11 is 5.86. The number of rotatable bonds is 2. The van der Waals surface area contributed by atoms with Crippen molar-refractivity contribution in [3.8, 4) is 0 Å². The third kappa shape index (κ3) is 3.21. The fraction of sp³-hybridized carbons (Fsp3) is 0.500. The number of carbonyl (C=O) groups is 1. The van der Waals surface area contributed by atoms with Crippen molar-refractivity contribution in [2.24, 2.45) is 5.41 Å². The van der Waals surface area contributed by atoms with Gasteiger partial charge in [-0.15, -0.1) is 0 Å². The molecule has 5 heteroatoms. The van der Waals surface area contributed by atoms with Crippen LogP contribution >= 0.6 is 11.6 Å². The van der Waals surface area contributed by atoms with Gasteiger partial charge in [0.15, 0.2) is 0 Å². The van der Waals surface area contributed by atoms with Gasteiger partial charge < -0.3 is 10.3 Å². The van der Waals surface area contributed by atoms with E-state index >= 15 is 0 Å². The summed E-state index contributed by atoms with van der Waals surface area (Å²) in [5.41, 5.74) is 1.80. The van der Waals surface area contributed by atoms with Crippen molar-refractivity contribution >= 4 is 28.4 Å². The molecule has 4 nitrogen and oxygen atoms in total. The number of amides is 1. The summed E-state index contributed by atoms with van der Waals surface area (Å²) in [5.74, 6) is -0.0490. The zero-order valence-electron chi connectivity index (χ0n) is 12.4. The standard InChI is InChI=1S/C16H20ClN3O/c1-16(2)5-3-11(4-6-16)19-15(21)12-7-10-8-14(17)18-9-13(10)20-12/h7-9,11,20H,3-6H2,1-2H3,(H,19,21). The van der Waals surface area contributed by atoms with E-state index in [4.69, 9.17) is 11.6 Å². The number of hydrogen-bond donors (Lipinski definition) is 2. The molecule has 1 fully saturated rings. The van der Waals surface area contributed by atoms with Crippen molar-refractivity contribution in [3.63, 3.8) is 0 Å². The number of nitrogens with one attached hydrogen (secondary N) is 2. The van der Waals surface area contributed by atoms with Gasteiger partial charge in [0.1, 0.15) is 10.8 Å². The maximum atomic E-state index is 12.3. The smallest absolute Gasteiger partial charge is 0.267 e. The Hall–Kier alpha value is -1.55. The molecule has 0 aliphatic heterocycles. The van der Waals surface area contributed by atoms with Crippen LogP contribution in [0.1, 0.15) is 50.0 Å². The van der Waals surface area contributed by atoms with Gasteiger partial charge in [0.05, 0.1) is 11.7 Å². The third-order valence-electron chi connectivity index (χ3n) is 4.39. The number of hydrogen-bond acceptors (Lipinski definition) is 2. The highest BCUT2D eigenvalue weighted by atomic mass is 35.5. The van der Waals surface area contributed by atoms with Gasteiger partial charge in [-0.1, -0.05) is 25.4 Å². The molecule has 2 aromatic heterocycles. The van der Waals surface area contributed by atoms with E-state index in [0.29, 0.717) is 16.3 Å². The van der Waals surface area contributed by atoms with Crippen LogP contribution in [0.2, 0.25) is 5.15 Å². The molecule has 0 bridgehead atoms. The first-order valence-corrected chi connectivity index (χ1v) is 7.76. The lowest BCUT2D eigenvalue weighted by Gasteiger charge is -2.34. The first-order valence-electron chi connectivity index (χ1n) is 7.38. The molecule has 0 saturated heterocycles. The first-order chi connectivity index (χ1) is 9.93. The Kier molecular flexibility index (Phi) is 3.66. The zero-order chi connectivity index (χ0) is 15.0. The van der Waals surface area contributed by atoms with E-state index < -0.39 is 0 Å². The minimum Gasteiger partial charge on any atom is -0.349 e. The average Bonchev–Trinajstić information content (AvgIpc) is 2.84. The first kappa shape index (κ1) is 14.4. The van der Waals surface area contributed by atoms with Crippen molar-refractivity contribution in [1.29, 1.82) is 0 Å². The number of aromatic amines is 1. The highest BCUT2D eigenvalue weighted by Gasteiger charge is 2.27. The predicted molar refractivity (Wildman–Crippen MR) is 84.6 cm³/mol. The molecule has 1 amide bonds. The number of fused-ring (bicyclic) bond motifs is 1. The van der Waals surface area contributed by atoms with Crippen LogP contribution in [0.15, 0.2) is 18.3 Å². The van der Waals surface area contributed by atoms with E-state index in [1.165, 1.54) is 0 Å². The van der Waals surface area contributed by atoms with Crippen LogP contribution in [0.3, 0.4) is 0 Å². The van der Waals surface area contributed by atoms with Gasteiger partial charge in [-0.3, -0.25) is 4.79 Å². The predicted octanol–water partition coefficient (Wildman–Crippen LogP) is 3.91. The molecule has 3 rings (SSSR count). The van der Waals surface area contributed by atoms with Gasteiger partial charge in [0.25, 0.3) is 5.91 Å². The topological polar surface area (TPSA) is 57.8 Å². The lowest BCUT2D eigenvalue weighted by molar-refractivity contribution is 0.0905. The Morgan fingerprint density at radius 3 is 2.81 bits per heavy atom. The minimum atomic E-state index is -0.0490. The molecular formula is C16H20ClN3O. The lowest BCUT2D eigenvalue weighted by Crippen LogP contribution is -2.39. The molecule has 2 aromatic rings. The monoisotopic (exact) mass is 305 g/mol. The summed E-state index contributed by atoms with van der Waals surface area (Å²) in [6.07, 6.45) is 6.06. The van der Waals surface area contributed by atoms with E-state index in [9.17, 15) is 4.79 Å². The molecule has 2 N–H and O–H groups in total. The van der Waals surface area contributed by atoms with Crippen LogP contribution in [0, 0.1) is 5.41 Å². The SMILES string of the molecule is CC1(C)CCC(NC(=O)c2cc3cc(Cl)ncc3[nH]2)CC1. The summed E-state index contributed by atoms with van der Waals surface area (Å²) in [4.78, 5) is 19.4. The molecule has 21 heavy (non-hydrogen) atoms. The Labute approximate surface area is 129 Å². The van der Waals surface area contributed by atoms with Gasteiger partial charge in [-0.25, -0.2) is 4.98 Å². The molecule has 2 heterocycles. The Morgan fingerprint density at radius 2 is 2.10 bits per heavy atom. The largest absolute Gasteiger partial charge is 0.349 e. The average molecular weight is 306 g/mol. The molecule has 0 atom stereocenters. The number of nitrogens with zero attached hydrogens (tertiary/aromatic N) is 1. The zero-order valence-corrected chi connectivity index (χ0v) is 13.1. The summed E-state index contributed by atoms with van der Waals surface area (Å²) in [6, 6.07) is 3.86. The van der Waals surface area contributed by atoms with Crippen LogP contribution in [0.4, 0.5) is 0 Å². The quantitative estimate of drug-likeness (QED) is 0.826. The van der Waals surface area contributed by atoms with Crippen LogP contribution < -0.4 is 5.32 Å². The van der Waals surface area contributed by atoms with Gasteiger partial charge in [0.2, 0.25) is 0 Å². The van der Waals surface area contributed by atoms with Crippen LogP contribution in [0.5, 0.6) is 0 Å². The van der Waals surface area contributed by atoms with E-state index in [0.717, 1.165) is 36.6 Å². The molecule has 0 radical (unpaired) electrons. The van der Waals surface area contributed by atoms with Gasteiger partial charge in [-0.2, -0.15) is 0 Å². The molecular weight excluding hydrogens is 286 g/mol. The highest BCUT2D eigenvalue weighted by Crippen LogP contribution is 2.35. The Morgan fingerprint density at radius 1 is 1.38 bits per heavy atom. The maximum absolute atomic E-state index is 12.3. The maximum Gasteiger partial charge on any atom is 0.267 e. The van der Waals surface area contributed by atoms with E-state index in [-0.39, 0.29) is 11.9 Å². The van der Waals surface area contributed by atoms with E-state index in [2.05, 4.69) is 29.1 Å². The van der Waals surface area contributed by atoms with Crippen molar-refractivity contribution in [3.05, 3.63) is 29.2 Å². The van der Waals surface area contributed by atoms with Crippen molar-refractivity contribution < 1.29 is 4.79 Å². The number of pyridine rings is 1. The summed E-state index contributed by atoms with van der Waals surface area (Å²) in [6.45, 7) is 4.58. The van der Waals surface area contributed by atoms with Crippen molar-refractivity contribution in [2.75, 3.05) is 0 Å². The number of aromatic nitrogens is 2. The summed E-state index contributed by atoms with van der Waals surface area (Å²) < 4.78 is 0. The Bertz CT molecular complexity index is 667. The molecule has 0 unspecified atom stereocenters. The normalized spacial score (nSPS) is 18.8. The fourth-order valence-electron chi connectivity index (χ4n) is 2.93. The summed E-state index contributed by atoms with van der Waals surface area (Å²) in [5, 5.41) is 4.47. The fourth-order valence-corrected chi connectivity index (χ4v) is 3.10. The molecule has 0 aromatic carbocycles. The second-order valence-electron chi connectivity index (χ2n) is 6.69.